The summed E-state index contributed by atoms with van der Waals surface area (Å²) >= 11 is 0. The third-order valence-electron chi connectivity index (χ3n) is 4.46. The van der Waals surface area contributed by atoms with E-state index in [1.54, 1.807) is 0 Å². The van der Waals surface area contributed by atoms with E-state index in [1.807, 2.05) is 30.3 Å². The maximum absolute atomic E-state index is 12.2. The van der Waals surface area contributed by atoms with Gasteiger partial charge in [0.15, 0.2) is 0 Å². The summed E-state index contributed by atoms with van der Waals surface area (Å²) in [6, 6.07) is 7.79. The van der Waals surface area contributed by atoms with E-state index in [9.17, 15) is 4.79 Å². The molecule has 0 aliphatic carbocycles. The van der Waals surface area contributed by atoms with Crippen LogP contribution in [0.1, 0.15) is 12.0 Å². The minimum absolute atomic E-state index is 0.0159. The molecule has 0 radical (unpaired) electrons. The zero-order valence-electron chi connectivity index (χ0n) is 13.8. The largest absolute Gasteiger partial charge is 0.488 e. The molecule has 0 aromatic heterocycles. The van der Waals surface area contributed by atoms with Crippen molar-refractivity contribution in [2.45, 2.75) is 6.42 Å². The zero-order chi connectivity index (χ0) is 16.1. The van der Waals surface area contributed by atoms with E-state index in [1.165, 1.54) is 0 Å². The van der Waals surface area contributed by atoms with Crippen LogP contribution >= 0.6 is 0 Å². The number of amides is 1. The Kier molecular flexibility index (Phi) is 5.31. The summed E-state index contributed by atoms with van der Waals surface area (Å²) in [6.07, 6.45) is 2.91. The topological polar surface area (TPSA) is 44.8 Å². The maximum Gasteiger partial charge on any atom is 0.250 e. The standard InChI is InChI=1S/C18H25N3O2/c1-20-9-11-21(12-10-20)8-4-7-19-18(22)16-13-15-5-2-3-6-17(15)23-14-16/h2-3,5-6,13H,4,7-12,14H2,1H3,(H,19,22). The highest BCUT2D eigenvalue weighted by Gasteiger charge is 2.17. The number of rotatable bonds is 5. The molecular formula is C18H25N3O2. The normalized spacial score (nSPS) is 18.7. The molecule has 0 atom stereocenters. The van der Waals surface area contributed by atoms with Crippen molar-refractivity contribution in [1.29, 1.82) is 0 Å². The van der Waals surface area contributed by atoms with Gasteiger partial charge in [-0.2, -0.15) is 0 Å². The van der Waals surface area contributed by atoms with Gasteiger partial charge < -0.3 is 19.9 Å². The molecule has 1 saturated heterocycles. The van der Waals surface area contributed by atoms with Crippen LogP contribution in [0.15, 0.2) is 29.8 Å². The Morgan fingerprint density at radius 3 is 2.83 bits per heavy atom. The second kappa shape index (κ2) is 7.62. The van der Waals surface area contributed by atoms with Crippen LogP contribution in [0.5, 0.6) is 5.75 Å². The van der Waals surface area contributed by atoms with Gasteiger partial charge in [0.05, 0.1) is 5.57 Å². The van der Waals surface area contributed by atoms with E-state index >= 15 is 0 Å². The lowest BCUT2D eigenvalue weighted by Gasteiger charge is -2.32. The third-order valence-corrected chi connectivity index (χ3v) is 4.46. The molecule has 23 heavy (non-hydrogen) atoms. The van der Waals surface area contributed by atoms with E-state index in [4.69, 9.17) is 4.74 Å². The highest BCUT2D eigenvalue weighted by Crippen LogP contribution is 2.25. The van der Waals surface area contributed by atoms with Crippen LogP contribution < -0.4 is 10.1 Å². The lowest BCUT2D eigenvalue weighted by atomic mass is 10.1. The van der Waals surface area contributed by atoms with Crippen molar-refractivity contribution in [3.63, 3.8) is 0 Å². The van der Waals surface area contributed by atoms with Crippen molar-refractivity contribution in [3.05, 3.63) is 35.4 Å². The number of benzene rings is 1. The molecule has 2 heterocycles. The Bertz CT molecular complexity index is 577. The van der Waals surface area contributed by atoms with Gasteiger partial charge in [0, 0.05) is 38.3 Å². The highest BCUT2D eigenvalue weighted by molar-refractivity contribution is 5.99. The van der Waals surface area contributed by atoms with Crippen molar-refractivity contribution in [1.82, 2.24) is 15.1 Å². The summed E-state index contributed by atoms with van der Waals surface area (Å²) in [5.41, 5.74) is 1.67. The monoisotopic (exact) mass is 315 g/mol. The van der Waals surface area contributed by atoms with Crippen LogP contribution in [0.4, 0.5) is 0 Å². The SMILES string of the molecule is CN1CCN(CCCNC(=O)C2=Cc3ccccc3OC2)CC1. The molecular weight excluding hydrogens is 290 g/mol. The first-order valence-electron chi connectivity index (χ1n) is 8.34. The van der Waals surface area contributed by atoms with E-state index < -0.39 is 0 Å². The molecule has 1 fully saturated rings. The molecule has 1 aromatic rings. The molecule has 124 valence electrons. The summed E-state index contributed by atoms with van der Waals surface area (Å²) < 4.78 is 5.63. The number of carbonyl (C=O) groups is 1. The molecule has 1 amide bonds. The van der Waals surface area contributed by atoms with Gasteiger partial charge in [0.2, 0.25) is 0 Å². The van der Waals surface area contributed by atoms with Crippen LogP contribution in [0, 0.1) is 0 Å². The number of para-hydroxylation sites is 1. The molecule has 2 aliphatic rings. The predicted molar refractivity (Wildman–Crippen MR) is 91.5 cm³/mol. The number of likely N-dealkylation sites (N-methyl/N-ethyl adjacent to an activating group) is 1. The van der Waals surface area contributed by atoms with Crippen molar-refractivity contribution in [2.75, 3.05) is 52.9 Å². The number of nitrogens with zero attached hydrogens (tertiary/aromatic N) is 2. The van der Waals surface area contributed by atoms with Crippen LogP contribution in [0.3, 0.4) is 0 Å². The average Bonchev–Trinajstić information content (AvgIpc) is 2.59. The number of fused-ring (bicyclic) bond motifs is 1. The molecule has 1 N–H and O–H groups in total. The Morgan fingerprint density at radius 1 is 1.22 bits per heavy atom. The lowest BCUT2D eigenvalue weighted by Crippen LogP contribution is -2.45. The van der Waals surface area contributed by atoms with Gasteiger partial charge in [0.25, 0.3) is 5.91 Å². The Hall–Kier alpha value is -1.85. The minimum atomic E-state index is -0.0159. The number of ether oxygens (including phenoxy) is 1. The summed E-state index contributed by atoms with van der Waals surface area (Å²) in [5.74, 6) is 0.831. The molecule has 0 unspecified atom stereocenters. The molecule has 0 saturated carbocycles. The first-order valence-corrected chi connectivity index (χ1v) is 8.34. The second-order valence-corrected chi connectivity index (χ2v) is 6.25. The smallest absolute Gasteiger partial charge is 0.250 e. The van der Waals surface area contributed by atoms with Gasteiger partial charge in [-0.15, -0.1) is 0 Å². The quantitative estimate of drug-likeness (QED) is 0.830. The first-order chi connectivity index (χ1) is 11.2. The number of hydrogen-bond donors (Lipinski definition) is 1. The van der Waals surface area contributed by atoms with Crippen LogP contribution in [0.25, 0.3) is 6.08 Å². The summed E-state index contributed by atoms with van der Waals surface area (Å²) in [4.78, 5) is 17.0. The number of nitrogens with one attached hydrogen (secondary N) is 1. The van der Waals surface area contributed by atoms with Crippen LogP contribution in [-0.2, 0) is 4.79 Å². The van der Waals surface area contributed by atoms with Crippen LogP contribution in [-0.4, -0.2) is 68.6 Å². The summed E-state index contributed by atoms with van der Waals surface area (Å²) in [6.45, 7) is 6.63. The van der Waals surface area contributed by atoms with E-state index in [-0.39, 0.29) is 5.91 Å². The average molecular weight is 315 g/mol. The van der Waals surface area contributed by atoms with Crippen molar-refractivity contribution < 1.29 is 9.53 Å². The second-order valence-electron chi connectivity index (χ2n) is 6.25. The molecule has 0 bridgehead atoms. The fourth-order valence-electron chi connectivity index (χ4n) is 2.94. The molecule has 5 nitrogen and oxygen atoms in total. The van der Waals surface area contributed by atoms with Crippen molar-refractivity contribution >= 4 is 12.0 Å². The zero-order valence-corrected chi connectivity index (χ0v) is 13.8. The molecule has 1 aromatic carbocycles. The van der Waals surface area contributed by atoms with E-state index in [0.29, 0.717) is 18.7 Å². The van der Waals surface area contributed by atoms with Gasteiger partial charge in [-0.3, -0.25) is 4.79 Å². The molecule has 2 aliphatic heterocycles. The van der Waals surface area contributed by atoms with Gasteiger partial charge in [-0.25, -0.2) is 0 Å². The number of hydrogen-bond acceptors (Lipinski definition) is 4. The Labute approximate surface area is 137 Å². The Balaban J connectivity index is 1.41. The van der Waals surface area contributed by atoms with Gasteiger partial charge in [0.1, 0.15) is 12.4 Å². The fourth-order valence-corrected chi connectivity index (χ4v) is 2.94. The summed E-state index contributed by atoms with van der Waals surface area (Å²) in [5, 5.41) is 3.01. The van der Waals surface area contributed by atoms with Gasteiger partial charge in [-0.05, 0) is 32.2 Å². The number of carbonyl (C=O) groups excluding carboxylic acids is 1. The predicted octanol–water partition coefficient (Wildman–Crippen LogP) is 1.22. The highest BCUT2D eigenvalue weighted by atomic mass is 16.5. The fraction of sp³-hybridized carbons (Fsp3) is 0.500. The molecule has 3 rings (SSSR count). The van der Waals surface area contributed by atoms with Gasteiger partial charge in [-0.1, -0.05) is 18.2 Å². The van der Waals surface area contributed by atoms with E-state index in [0.717, 1.165) is 50.5 Å². The number of piperazine rings is 1. The Morgan fingerprint density at radius 2 is 2.00 bits per heavy atom. The van der Waals surface area contributed by atoms with Crippen LogP contribution in [0.2, 0.25) is 0 Å². The van der Waals surface area contributed by atoms with Gasteiger partial charge >= 0.3 is 0 Å². The summed E-state index contributed by atoms with van der Waals surface area (Å²) in [7, 11) is 2.16. The van der Waals surface area contributed by atoms with Crippen molar-refractivity contribution in [3.8, 4) is 5.75 Å². The van der Waals surface area contributed by atoms with Crippen molar-refractivity contribution in [2.24, 2.45) is 0 Å². The van der Waals surface area contributed by atoms with E-state index in [2.05, 4.69) is 22.2 Å². The minimum Gasteiger partial charge on any atom is -0.488 e. The third kappa shape index (κ3) is 4.33. The molecule has 0 spiro atoms. The lowest BCUT2D eigenvalue weighted by molar-refractivity contribution is -0.117. The molecule has 5 heteroatoms. The maximum atomic E-state index is 12.2. The first kappa shape index (κ1) is 16.0.